The third-order valence-electron chi connectivity index (χ3n) is 12.5. The smallest absolute Gasteiger partial charge is 0.326 e. The molecule has 73 heavy (non-hydrogen) atoms. The first-order valence-corrected chi connectivity index (χ1v) is 24.9. The quantitative estimate of drug-likeness (QED) is 0.0372. The van der Waals surface area contributed by atoms with E-state index in [1.165, 1.54) is 40.9 Å². The zero-order chi connectivity index (χ0) is 52.8. The summed E-state index contributed by atoms with van der Waals surface area (Å²) in [5, 5.41) is 53.0. The normalized spacial score (nSPS) is 15.8. The number of hydrogen-bond acceptors (Lipinski definition) is 12. The van der Waals surface area contributed by atoms with Gasteiger partial charge in [0.2, 0.25) is 35.4 Å². The summed E-state index contributed by atoms with van der Waals surface area (Å²) in [5.74, 6) is -8.96. The van der Waals surface area contributed by atoms with Gasteiger partial charge in [-0.2, -0.15) is 11.8 Å². The Bertz CT molecular complexity index is 2820. The average Bonchev–Trinajstić information content (AvgIpc) is 4.13. The van der Waals surface area contributed by atoms with Crippen molar-refractivity contribution in [2.45, 2.75) is 100 Å². The summed E-state index contributed by atoms with van der Waals surface area (Å²) in [4.78, 5) is 128. The van der Waals surface area contributed by atoms with Gasteiger partial charge in [-0.25, -0.2) is 4.79 Å². The molecule has 23 heteroatoms. The van der Waals surface area contributed by atoms with Crippen molar-refractivity contribution in [3.8, 4) is 5.75 Å². The lowest BCUT2D eigenvalue weighted by Crippen LogP contribution is -2.60. The zero-order valence-electron chi connectivity index (χ0n) is 39.8. The number of nitrogens with zero attached hydrogens (tertiary/aromatic N) is 1. The number of para-hydroxylation sites is 2. The molecule has 0 aliphatic carbocycles. The lowest BCUT2D eigenvalue weighted by Gasteiger charge is -2.31. The van der Waals surface area contributed by atoms with E-state index in [0.29, 0.717) is 50.7 Å². The van der Waals surface area contributed by atoms with Crippen LogP contribution in [0.5, 0.6) is 5.75 Å². The Morgan fingerprint density at radius 3 is 1.77 bits per heavy atom. The van der Waals surface area contributed by atoms with Crippen LogP contribution in [-0.4, -0.2) is 149 Å². The lowest BCUT2D eigenvalue weighted by atomic mass is 10.0. The van der Waals surface area contributed by atoms with Gasteiger partial charge in [0.15, 0.2) is 0 Å². The van der Waals surface area contributed by atoms with Gasteiger partial charge >= 0.3 is 17.9 Å². The highest BCUT2D eigenvalue weighted by molar-refractivity contribution is 7.98. The molecule has 0 radical (unpaired) electrons. The van der Waals surface area contributed by atoms with Crippen molar-refractivity contribution < 1.29 is 63.6 Å². The molecule has 6 amide bonds. The van der Waals surface area contributed by atoms with E-state index in [1.807, 2.05) is 12.3 Å². The molecule has 1 aliphatic heterocycles. The van der Waals surface area contributed by atoms with Gasteiger partial charge in [-0.05, 0) is 78.6 Å². The van der Waals surface area contributed by atoms with E-state index in [4.69, 9.17) is 10.8 Å². The minimum atomic E-state index is -1.83. The molecule has 0 spiro atoms. The van der Waals surface area contributed by atoms with Crippen LogP contribution >= 0.6 is 11.8 Å². The fraction of sp³-hybridized carbons (Fsp3) is 0.380. The number of hydrogen-bond donors (Lipinski definition) is 12. The Morgan fingerprint density at radius 2 is 1.19 bits per heavy atom. The minimum Gasteiger partial charge on any atom is -0.508 e. The molecular weight excluding hydrogens is 967 g/mol. The van der Waals surface area contributed by atoms with E-state index in [2.05, 4.69) is 36.6 Å². The molecule has 7 atom stereocenters. The first-order valence-electron chi connectivity index (χ1n) is 23.5. The number of aromatic nitrogens is 2. The standard InChI is InChI=1S/C50H59N9O13S/c1-73-20-18-33(51)44(65)55-37(21-27-12-14-30(60)15-13-27)45(66)57-39(24-43(63)64)47(68)56-38(22-28-25-52-34-9-4-2-7-31(28)34)46(67)58-40(23-29-26-53-35-10-5-3-8-32(29)35)49(70)59-19-6-11-41(59)48(69)54-36(50(71)72)16-17-42(61)62/h2-5,7-10,12-15,25-26,33,36-41,52-53,60H,6,11,16-24,51H2,1H3,(H,54,69)(H,55,65)(H,56,68)(H,57,66)(H,58,67)(H,61,62)(H,63,64)(H,71,72)/t33-,36-,37-,38-,39-,40-,41-/m0/s1. The summed E-state index contributed by atoms with van der Waals surface area (Å²) < 4.78 is 0. The summed E-state index contributed by atoms with van der Waals surface area (Å²) in [7, 11) is 0. The maximum Gasteiger partial charge on any atom is 0.326 e. The maximum atomic E-state index is 14.9. The number of likely N-dealkylation sites (tertiary alicyclic amines) is 1. The van der Waals surface area contributed by atoms with Crippen LogP contribution in [0.15, 0.2) is 85.2 Å². The molecule has 1 fully saturated rings. The molecule has 3 heterocycles. The van der Waals surface area contributed by atoms with Crippen molar-refractivity contribution in [3.63, 3.8) is 0 Å². The van der Waals surface area contributed by atoms with E-state index in [1.54, 1.807) is 54.9 Å². The van der Waals surface area contributed by atoms with E-state index < -0.39 is 115 Å². The number of carboxylic acids is 3. The average molecular weight is 1030 g/mol. The number of nitrogens with two attached hydrogens (primary N) is 1. The molecule has 1 aliphatic rings. The van der Waals surface area contributed by atoms with Crippen molar-refractivity contribution in [2.75, 3.05) is 18.6 Å². The number of carbonyl (C=O) groups excluding carboxylic acids is 6. The third kappa shape index (κ3) is 14.8. The Kier molecular flexibility index (Phi) is 19.0. The number of rotatable bonds is 26. The summed E-state index contributed by atoms with van der Waals surface area (Å²) >= 11 is 1.46. The van der Waals surface area contributed by atoms with Gasteiger partial charge in [0.25, 0.3) is 0 Å². The monoisotopic (exact) mass is 1030 g/mol. The number of aliphatic carboxylic acids is 3. The lowest BCUT2D eigenvalue weighted by molar-refractivity contribution is -0.145. The fourth-order valence-corrected chi connectivity index (χ4v) is 9.17. The Morgan fingerprint density at radius 1 is 0.658 bits per heavy atom. The minimum absolute atomic E-state index is 0.0358. The van der Waals surface area contributed by atoms with Crippen molar-refractivity contribution >= 4 is 86.9 Å². The van der Waals surface area contributed by atoms with Crippen LogP contribution in [0.25, 0.3) is 21.8 Å². The largest absolute Gasteiger partial charge is 0.508 e. The summed E-state index contributed by atoms with van der Waals surface area (Å²) in [6.07, 6.45) is 3.38. The van der Waals surface area contributed by atoms with Gasteiger partial charge in [0.05, 0.1) is 12.5 Å². The van der Waals surface area contributed by atoms with E-state index >= 15 is 0 Å². The molecule has 22 nitrogen and oxygen atoms in total. The van der Waals surface area contributed by atoms with Crippen LogP contribution in [-0.2, 0) is 62.4 Å². The Hall–Kier alpha value is -7.92. The number of benzene rings is 3. The fourth-order valence-electron chi connectivity index (χ4n) is 8.68. The predicted molar refractivity (Wildman–Crippen MR) is 268 cm³/mol. The molecular formula is C50H59N9O13S. The van der Waals surface area contributed by atoms with Gasteiger partial charge in [0, 0.05) is 66.4 Å². The SMILES string of the molecule is CSCC[C@H](N)C(=O)N[C@@H](Cc1ccc(O)cc1)C(=O)N[C@@H](CC(=O)O)C(=O)N[C@@H](Cc1c[nH]c2ccccc12)C(=O)N[C@@H](Cc1c[nH]c2ccccc12)C(=O)N1CCC[C@H]1C(=O)N[C@@H](CCC(=O)O)C(=O)O. The molecule has 13 N–H and O–H groups in total. The van der Waals surface area contributed by atoms with Gasteiger partial charge in [0.1, 0.15) is 42.0 Å². The zero-order valence-corrected chi connectivity index (χ0v) is 40.6. The topological polar surface area (TPSA) is 356 Å². The second-order valence-electron chi connectivity index (χ2n) is 17.7. The van der Waals surface area contributed by atoms with Gasteiger partial charge < -0.3 is 67.6 Å². The predicted octanol–water partition coefficient (Wildman–Crippen LogP) is 1.30. The number of thioether (sulfide) groups is 1. The maximum absolute atomic E-state index is 14.9. The van der Waals surface area contributed by atoms with Crippen LogP contribution in [0, 0.1) is 0 Å². The van der Waals surface area contributed by atoms with Crippen molar-refractivity contribution in [2.24, 2.45) is 5.73 Å². The number of fused-ring (bicyclic) bond motifs is 2. The number of aromatic hydroxyl groups is 1. The molecule has 5 aromatic rings. The first-order chi connectivity index (χ1) is 34.9. The molecule has 0 bridgehead atoms. The highest BCUT2D eigenvalue weighted by Crippen LogP contribution is 2.25. The number of aromatic amines is 2. The number of phenols is 1. The highest BCUT2D eigenvalue weighted by Gasteiger charge is 2.40. The third-order valence-corrected chi connectivity index (χ3v) is 13.2. The number of nitrogens with one attached hydrogen (secondary N) is 7. The number of H-pyrrole nitrogens is 2. The molecule has 6 rings (SSSR count). The summed E-state index contributed by atoms with van der Waals surface area (Å²) in [6, 6.07) is 10.1. The van der Waals surface area contributed by atoms with Gasteiger partial charge in [-0.1, -0.05) is 48.5 Å². The number of phenolic OH excluding ortho intramolecular Hbond substituents is 1. The van der Waals surface area contributed by atoms with Gasteiger partial charge in [-0.15, -0.1) is 0 Å². The van der Waals surface area contributed by atoms with E-state index in [0.717, 1.165) is 0 Å². The van der Waals surface area contributed by atoms with Crippen LogP contribution in [0.2, 0.25) is 0 Å². The molecule has 0 unspecified atom stereocenters. The second-order valence-corrected chi connectivity index (χ2v) is 18.7. The highest BCUT2D eigenvalue weighted by atomic mass is 32.2. The van der Waals surface area contributed by atoms with Crippen molar-refractivity contribution in [1.82, 2.24) is 41.5 Å². The number of carboxylic acid groups (broad SMARTS) is 3. The van der Waals surface area contributed by atoms with Crippen LogP contribution < -0.4 is 32.3 Å². The molecule has 388 valence electrons. The van der Waals surface area contributed by atoms with Crippen LogP contribution in [0.1, 0.15) is 55.2 Å². The summed E-state index contributed by atoms with van der Waals surface area (Å²) in [5.41, 5.74) is 9.14. The molecule has 1 saturated heterocycles. The number of carbonyl (C=O) groups is 9. The Balaban J connectivity index is 1.31. The molecule has 3 aromatic carbocycles. The van der Waals surface area contributed by atoms with Crippen molar-refractivity contribution in [3.05, 3.63) is 102 Å². The van der Waals surface area contributed by atoms with Crippen LogP contribution in [0.3, 0.4) is 0 Å². The van der Waals surface area contributed by atoms with E-state index in [-0.39, 0.29) is 44.4 Å². The van der Waals surface area contributed by atoms with E-state index in [9.17, 15) is 58.5 Å². The number of amides is 6. The second kappa shape index (κ2) is 25.5. The Labute approximate surface area is 422 Å². The van der Waals surface area contributed by atoms with Gasteiger partial charge in [-0.3, -0.25) is 38.4 Å². The first kappa shape index (κ1) is 54.4. The molecule has 0 saturated carbocycles. The summed E-state index contributed by atoms with van der Waals surface area (Å²) in [6.45, 7) is 0.0358. The molecule has 2 aromatic heterocycles. The van der Waals surface area contributed by atoms with Crippen LogP contribution in [0.4, 0.5) is 0 Å². The van der Waals surface area contributed by atoms with Crippen molar-refractivity contribution in [1.29, 1.82) is 0 Å².